The van der Waals surface area contributed by atoms with E-state index in [9.17, 15) is 9.59 Å². The zero-order valence-corrected chi connectivity index (χ0v) is 15.6. The number of aromatic nitrogens is 1. The van der Waals surface area contributed by atoms with Crippen LogP contribution in [-0.2, 0) is 28.9 Å². The van der Waals surface area contributed by atoms with Crippen molar-refractivity contribution in [3.63, 3.8) is 0 Å². The number of carboxylic acid groups (broad SMARTS) is 1. The first-order valence-electron chi connectivity index (χ1n) is 8.22. The van der Waals surface area contributed by atoms with Crippen LogP contribution in [0.1, 0.15) is 35.7 Å². The number of thiazole rings is 1. The molecule has 134 valence electrons. The number of carbonyl (C=O) groups is 2. The first-order chi connectivity index (χ1) is 11.8. The lowest BCUT2D eigenvalue weighted by Crippen LogP contribution is -2.11. The van der Waals surface area contributed by atoms with E-state index in [1.165, 1.54) is 11.3 Å². The van der Waals surface area contributed by atoms with Crippen LogP contribution in [0, 0.1) is 12.8 Å². The summed E-state index contributed by atoms with van der Waals surface area (Å²) in [7, 11) is 0. The summed E-state index contributed by atoms with van der Waals surface area (Å²) in [5, 5.41) is 11.1. The molecule has 0 atom stereocenters. The summed E-state index contributed by atoms with van der Waals surface area (Å²) in [5.74, 6) is 0.282. The van der Waals surface area contributed by atoms with Crippen molar-refractivity contribution in [1.82, 2.24) is 4.98 Å². The highest BCUT2D eigenvalue weighted by atomic mass is 32.1. The van der Waals surface area contributed by atoms with Gasteiger partial charge in [-0.05, 0) is 24.5 Å². The second kappa shape index (κ2) is 8.76. The molecule has 0 amide bonds. The predicted molar refractivity (Wildman–Crippen MR) is 97.4 cm³/mol. The highest BCUT2D eigenvalue weighted by Gasteiger charge is 2.14. The van der Waals surface area contributed by atoms with E-state index in [0.717, 1.165) is 16.9 Å². The van der Waals surface area contributed by atoms with Crippen LogP contribution in [0.3, 0.4) is 0 Å². The molecule has 0 aliphatic rings. The smallest absolute Gasteiger partial charge is 0.309 e. The molecular formula is C19H23NO4S. The van der Waals surface area contributed by atoms with E-state index >= 15 is 0 Å². The third-order valence-corrected chi connectivity index (χ3v) is 4.36. The molecule has 0 bridgehead atoms. The number of aliphatic carboxylic acids is 1. The van der Waals surface area contributed by atoms with E-state index in [0.29, 0.717) is 23.2 Å². The second-order valence-electron chi connectivity index (χ2n) is 6.51. The van der Waals surface area contributed by atoms with Gasteiger partial charge >= 0.3 is 5.97 Å². The van der Waals surface area contributed by atoms with Gasteiger partial charge in [0.05, 0.1) is 25.1 Å². The Balaban J connectivity index is 2.02. The van der Waals surface area contributed by atoms with Gasteiger partial charge < -0.3 is 9.84 Å². The number of aryl methyl sites for hydroxylation is 1. The number of benzene rings is 1. The van der Waals surface area contributed by atoms with Crippen molar-refractivity contribution in [3.05, 3.63) is 45.4 Å². The fourth-order valence-corrected chi connectivity index (χ4v) is 3.13. The van der Waals surface area contributed by atoms with Crippen LogP contribution in [0.25, 0.3) is 0 Å². The number of nitrogens with zero attached hydrogens (tertiary/aromatic N) is 1. The molecule has 0 aliphatic carbocycles. The number of carbonyl (C=O) groups excluding carboxylic acids is 1. The Labute approximate surface area is 151 Å². The van der Waals surface area contributed by atoms with Crippen molar-refractivity contribution in [2.24, 2.45) is 5.92 Å². The molecule has 0 saturated heterocycles. The standard InChI is InChI=1S/C19H23NO4S/c1-12(2)10-24-17-6-13(3)4-5-14(17)7-16(21)9-18-20-15(11-25-18)8-19(22)23/h4-6,11-12H,7-10H2,1-3H3,(H,22,23). The Hall–Kier alpha value is -2.21. The number of ketones is 1. The van der Waals surface area contributed by atoms with E-state index in [1.54, 1.807) is 5.38 Å². The van der Waals surface area contributed by atoms with Gasteiger partial charge in [0.15, 0.2) is 0 Å². The third kappa shape index (κ3) is 6.31. The zero-order chi connectivity index (χ0) is 18.4. The van der Waals surface area contributed by atoms with E-state index < -0.39 is 5.97 Å². The first kappa shape index (κ1) is 19.1. The highest BCUT2D eigenvalue weighted by molar-refractivity contribution is 7.09. The monoisotopic (exact) mass is 361 g/mol. The topological polar surface area (TPSA) is 76.5 Å². The largest absolute Gasteiger partial charge is 0.493 e. The summed E-state index contributed by atoms with van der Waals surface area (Å²) in [5.41, 5.74) is 2.46. The Morgan fingerprint density at radius 3 is 2.68 bits per heavy atom. The molecule has 1 aromatic carbocycles. The molecule has 2 aromatic rings. The van der Waals surface area contributed by atoms with Crippen LogP contribution in [-0.4, -0.2) is 28.4 Å². The molecule has 0 radical (unpaired) electrons. The minimum Gasteiger partial charge on any atom is -0.493 e. The van der Waals surface area contributed by atoms with Gasteiger partial charge in [0, 0.05) is 17.4 Å². The number of carboxylic acids is 1. The molecule has 0 saturated carbocycles. The van der Waals surface area contributed by atoms with Crippen LogP contribution >= 0.6 is 11.3 Å². The summed E-state index contributed by atoms with van der Waals surface area (Å²) in [6, 6.07) is 5.86. The van der Waals surface area contributed by atoms with Crippen molar-refractivity contribution in [3.8, 4) is 5.75 Å². The summed E-state index contributed by atoms with van der Waals surface area (Å²) in [4.78, 5) is 27.3. The van der Waals surface area contributed by atoms with Gasteiger partial charge in [-0.15, -0.1) is 11.3 Å². The van der Waals surface area contributed by atoms with Crippen molar-refractivity contribution in [1.29, 1.82) is 0 Å². The zero-order valence-electron chi connectivity index (χ0n) is 14.7. The Bertz CT molecular complexity index is 752. The van der Waals surface area contributed by atoms with Gasteiger partial charge in [-0.1, -0.05) is 26.0 Å². The molecule has 0 fully saturated rings. The second-order valence-corrected chi connectivity index (χ2v) is 7.45. The van der Waals surface area contributed by atoms with E-state index in [2.05, 4.69) is 18.8 Å². The number of Topliss-reactive ketones (excluding diaryl/α,β-unsaturated/α-hetero) is 1. The lowest BCUT2D eigenvalue weighted by Gasteiger charge is -2.13. The molecule has 1 aromatic heterocycles. The lowest BCUT2D eigenvalue weighted by atomic mass is 10.0. The van der Waals surface area contributed by atoms with Crippen molar-refractivity contribution in [2.75, 3.05) is 6.61 Å². The molecule has 2 rings (SSSR count). The lowest BCUT2D eigenvalue weighted by molar-refractivity contribution is -0.136. The number of ether oxygens (including phenoxy) is 1. The summed E-state index contributed by atoms with van der Waals surface area (Å²) < 4.78 is 5.85. The molecule has 25 heavy (non-hydrogen) atoms. The first-order valence-corrected chi connectivity index (χ1v) is 9.10. The molecule has 0 aliphatic heterocycles. The quantitative estimate of drug-likeness (QED) is 0.740. The van der Waals surface area contributed by atoms with Crippen molar-refractivity contribution < 1.29 is 19.4 Å². The SMILES string of the molecule is Cc1ccc(CC(=O)Cc2nc(CC(=O)O)cs2)c(OCC(C)C)c1. The van der Waals surface area contributed by atoms with Crippen LogP contribution in [0.4, 0.5) is 0 Å². The van der Waals surface area contributed by atoms with Crippen LogP contribution in [0.15, 0.2) is 23.6 Å². The van der Waals surface area contributed by atoms with Crippen LogP contribution in [0.2, 0.25) is 0 Å². The normalized spacial score (nSPS) is 10.9. The Kier molecular flexibility index (Phi) is 6.70. The Morgan fingerprint density at radius 2 is 2.00 bits per heavy atom. The van der Waals surface area contributed by atoms with E-state index in [-0.39, 0.29) is 25.0 Å². The molecule has 0 unspecified atom stereocenters. The minimum atomic E-state index is -0.922. The summed E-state index contributed by atoms with van der Waals surface area (Å²) in [6.07, 6.45) is 0.374. The minimum absolute atomic E-state index is 0.0366. The third-order valence-electron chi connectivity index (χ3n) is 3.46. The van der Waals surface area contributed by atoms with E-state index in [4.69, 9.17) is 9.84 Å². The van der Waals surface area contributed by atoms with E-state index in [1.807, 2.05) is 25.1 Å². The molecule has 6 heteroatoms. The fourth-order valence-electron chi connectivity index (χ4n) is 2.31. The molecule has 0 spiro atoms. The predicted octanol–water partition coefficient (Wildman–Crippen LogP) is 3.47. The average Bonchev–Trinajstić information content (AvgIpc) is 2.93. The highest BCUT2D eigenvalue weighted by Crippen LogP contribution is 2.23. The van der Waals surface area contributed by atoms with Gasteiger partial charge in [0.25, 0.3) is 0 Å². The van der Waals surface area contributed by atoms with Gasteiger partial charge in [0.1, 0.15) is 16.5 Å². The molecule has 1 N–H and O–H groups in total. The van der Waals surface area contributed by atoms with Gasteiger partial charge in [-0.25, -0.2) is 4.98 Å². The maximum Gasteiger partial charge on any atom is 0.309 e. The maximum atomic E-state index is 12.4. The van der Waals surface area contributed by atoms with Crippen molar-refractivity contribution >= 4 is 23.1 Å². The number of hydrogen-bond donors (Lipinski definition) is 1. The van der Waals surface area contributed by atoms with Crippen LogP contribution in [0.5, 0.6) is 5.75 Å². The fraction of sp³-hybridized carbons (Fsp3) is 0.421. The van der Waals surface area contributed by atoms with Gasteiger partial charge in [-0.3, -0.25) is 9.59 Å². The summed E-state index contributed by atoms with van der Waals surface area (Å²) >= 11 is 1.32. The molecule has 5 nitrogen and oxygen atoms in total. The van der Waals surface area contributed by atoms with Gasteiger partial charge in [0.2, 0.25) is 0 Å². The molecular weight excluding hydrogens is 338 g/mol. The maximum absolute atomic E-state index is 12.4. The summed E-state index contributed by atoms with van der Waals surface area (Å²) in [6.45, 7) is 6.76. The number of hydrogen-bond acceptors (Lipinski definition) is 5. The van der Waals surface area contributed by atoms with Crippen LogP contribution < -0.4 is 4.74 Å². The van der Waals surface area contributed by atoms with Crippen molar-refractivity contribution in [2.45, 2.75) is 40.0 Å². The van der Waals surface area contributed by atoms with Gasteiger partial charge in [-0.2, -0.15) is 0 Å². The Morgan fingerprint density at radius 1 is 1.24 bits per heavy atom. The average molecular weight is 361 g/mol. The number of rotatable bonds is 9. The molecule has 1 heterocycles.